The van der Waals surface area contributed by atoms with E-state index in [1.807, 2.05) is 30.3 Å². The second-order valence-electron chi connectivity index (χ2n) is 5.19. The minimum atomic E-state index is -0.559. The fourth-order valence-corrected chi connectivity index (χ4v) is 3.33. The van der Waals surface area contributed by atoms with E-state index >= 15 is 0 Å². The molecule has 7 nitrogen and oxygen atoms in total. The zero-order chi connectivity index (χ0) is 18.5. The summed E-state index contributed by atoms with van der Waals surface area (Å²) < 4.78 is 1.60. The van der Waals surface area contributed by atoms with Crippen LogP contribution in [0.25, 0.3) is 5.65 Å². The maximum atomic E-state index is 11.9. The molecule has 0 saturated heterocycles. The molecule has 0 radical (unpaired) electrons. The van der Waals surface area contributed by atoms with Gasteiger partial charge in [0.05, 0.1) is 15.8 Å². The average Bonchev–Trinajstić information content (AvgIpc) is 3.02. The lowest BCUT2D eigenvalue weighted by Gasteiger charge is -2.06. The van der Waals surface area contributed by atoms with Gasteiger partial charge >= 0.3 is 6.03 Å². The molecule has 3 rings (SSSR count). The number of halogens is 2. The smallest absolute Gasteiger partial charge is 0.321 e. The van der Waals surface area contributed by atoms with E-state index < -0.39 is 11.9 Å². The van der Waals surface area contributed by atoms with Crippen LogP contribution < -0.4 is 10.6 Å². The normalized spacial score (nSPS) is 10.7. The van der Waals surface area contributed by atoms with E-state index in [1.54, 1.807) is 16.7 Å². The number of imide groups is 1. The van der Waals surface area contributed by atoms with Gasteiger partial charge < -0.3 is 5.32 Å². The predicted molar refractivity (Wildman–Crippen MR) is 101 cm³/mol. The van der Waals surface area contributed by atoms with E-state index in [-0.39, 0.29) is 5.75 Å². The highest BCUT2D eigenvalue weighted by Crippen LogP contribution is 2.25. The molecule has 3 aromatic rings. The van der Waals surface area contributed by atoms with Crippen LogP contribution in [0.4, 0.5) is 4.79 Å². The lowest BCUT2D eigenvalue weighted by Crippen LogP contribution is -2.39. The quantitative estimate of drug-likeness (QED) is 0.631. The minimum Gasteiger partial charge on any atom is -0.334 e. The van der Waals surface area contributed by atoms with Crippen molar-refractivity contribution in [3.8, 4) is 0 Å². The Hall–Kier alpha value is -2.29. The first-order chi connectivity index (χ1) is 12.5. The van der Waals surface area contributed by atoms with Crippen LogP contribution in [0.2, 0.25) is 10.0 Å². The zero-order valence-electron chi connectivity index (χ0n) is 13.3. The number of urea groups is 1. The fraction of sp³-hybridized carbons (Fsp3) is 0.125. The Morgan fingerprint density at radius 2 is 1.92 bits per heavy atom. The molecule has 0 aliphatic heterocycles. The molecular formula is C16H13Cl2N5O2S. The van der Waals surface area contributed by atoms with Gasteiger partial charge in [0.2, 0.25) is 5.91 Å². The predicted octanol–water partition coefficient (Wildman–Crippen LogP) is 3.15. The third kappa shape index (κ3) is 4.66. The van der Waals surface area contributed by atoms with E-state index in [0.717, 1.165) is 17.3 Å². The number of nitrogens with one attached hydrogen (secondary N) is 2. The molecule has 0 bridgehead atoms. The molecule has 0 unspecified atom stereocenters. The lowest BCUT2D eigenvalue weighted by molar-refractivity contribution is -0.117. The number of benzene rings is 1. The summed E-state index contributed by atoms with van der Waals surface area (Å²) >= 11 is 13.1. The van der Waals surface area contributed by atoms with Crippen molar-refractivity contribution in [3.63, 3.8) is 0 Å². The van der Waals surface area contributed by atoms with E-state index in [9.17, 15) is 9.59 Å². The number of hydrogen-bond donors (Lipinski definition) is 2. The number of pyridine rings is 1. The molecule has 0 spiro atoms. The zero-order valence-corrected chi connectivity index (χ0v) is 15.6. The van der Waals surface area contributed by atoms with Crippen molar-refractivity contribution in [1.29, 1.82) is 0 Å². The van der Waals surface area contributed by atoms with Crippen LogP contribution >= 0.6 is 35.0 Å². The Morgan fingerprint density at radius 1 is 1.15 bits per heavy atom. The number of thioether (sulfide) groups is 1. The standard InChI is InChI=1S/C16H13Cl2N5O2S/c17-11-6-12(18)14-21-22-16(23(14)8-11)26-9-13(24)20-15(25)19-7-10-4-2-1-3-5-10/h1-6,8H,7,9H2,(H2,19,20,24,25). The molecule has 0 saturated carbocycles. The van der Waals surface area contributed by atoms with Crippen LogP contribution in [0, 0.1) is 0 Å². The number of carbonyl (C=O) groups is 2. The van der Waals surface area contributed by atoms with Crippen molar-refractivity contribution >= 4 is 52.5 Å². The number of hydrogen-bond acceptors (Lipinski definition) is 5. The highest BCUT2D eigenvalue weighted by molar-refractivity contribution is 7.99. The second-order valence-corrected chi connectivity index (χ2v) is 6.97. The summed E-state index contributed by atoms with van der Waals surface area (Å²) in [5, 5.41) is 14.0. The van der Waals surface area contributed by atoms with Gasteiger partial charge in [-0.25, -0.2) is 4.79 Å². The summed E-state index contributed by atoms with van der Waals surface area (Å²) in [6.45, 7) is 0.332. The van der Waals surface area contributed by atoms with Crippen LogP contribution in [0.15, 0.2) is 47.8 Å². The van der Waals surface area contributed by atoms with Gasteiger partial charge in [0, 0.05) is 12.7 Å². The van der Waals surface area contributed by atoms with Gasteiger partial charge in [-0.1, -0.05) is 65.3 Å². The SMILES string of the molecule is O=C(CSc1nnc2c(Cl)cc(Cl)cn12)NC(=O)NCc1ccccc1. The van der Waals surface area contributed by atoms with Gasteiger partial charge in [-0.3, -0.25) is 14.5 Å². The van der Waals surface area contributed by atoms with Gasteiger partial charge in [0.1, 0.15) is 0 Å². The summed E-state index contributed by atoms with van der Waals surface area (Å²) in [5.74, 6) is -0.464. The monoisotopic (exact) mass is 409 g/mol. The van der Waals surface area contributed by atoms with E-state index in [2.05, 4.69) is 20.8 Å². The molecule has 2 aromatic heterocycles. The molecule has 0 aliphatic rings. The fourth-order valence-electron chi connectivity index (χ4n) is 2.12. The number of rotatable bonds is 5. The van der Waals surface area contributed by atoms with E-state index in [0.29, 0.717) is 27.4 Å². The Labute approximate surface area is 163 Å². The van der Waals surface area contributed by atoms with Crippen molar-refractivity contribution in [3.05, 3.63) is 58.2 Å². The molecule has 0 atom stereocenters. The molecule has 10 heteroatoms. The molecule has 2 heterocycles. The van der Waals surface area contributed by atoms with Crippen molar-refractivity contribution in [2.75, 3.05) is 5.75 Å². The first-order valence-corrected chi connectivity index (χ1v) is 9.21. The number of nitrogens with zero attached hydrogens (tertiary/aromatic N) is 3. The Balaban J connectivity index is 1.52. The first kappa shape index (κ1) is 18.5. The molecule has 0 aliphatic carbocycles. The molecule has 134 valence electrons. The number of aromatic nitrogens is 3. The number of amides is 3. The van der Waals surface area contributed by atoms with E-state index in [1.165, 1.54) is 0 Å². The van der Waals surface area contributed by atoms with Crippen LogP contribution in [0.1, 0.15) is 5.56 Å². The van der Waals surface area contributed by atoms with Gasteiger partial charge in [0.15, 0.2) is 10.8 Å². The summed E-state index contributed by atoms with van der Waals surface area (Å²) in [6.07, 6.45) is 1.61. The number of carbonyl (C=O) groups excluding carboxylic acids is 2. The summed E-state index contributed by atoms with van der Waals surface area (Å²) in [5.41, 5.74) is 1.38. The molecular weight excluding hydrogens is 397 g/mol. The van der Waals surface area contributed by atoms with Crippen LogP contribution in [-0.4, -0.2) is 32.3 Å². The molecule has 1 aromatic carbocycles. The summed E-state index contributed by atoms with van der Waals surface area (Å²) in [4.78, 5) is 23.7. The highest BCUT2D eigenvalue weighted by Gasteiger charge is 2.13. The van der Waals surface area contributed by atoms with Gasteiger partial charge in [0.25, 0.3) is 0 Å². The van der Waals surface area contributed by atoms with Crippen LogP contribution in [0.5, 0.6) is 0 Å². The Kier molecular flexibility index (Phi) is 5.97. The van der Waals surface area contributed by atoms with Gasteiger partial charge in [-0.05, 0) is 11.6 Å². The maximum Gasteiger partial charge on any atom is 0.321 e. The third-order valence-corrected chi connectivity index (χ3v) is 4.70. The summed E-state index contributed by atoms with van der Waals surface area (Å²) in [7, 11) is 0. The average molecular weight is 410 g/mol. The van der Waals surface area contributed by atoms with Crippen molar-refractivity contribution in [2.24, 2.45) is 0 Å². The topological polar surface area (TPSA) is 88.4 Å². The van der Waals surface area contributed by atoms with Gasteiger partial charge in [-0.15, -0.1) is 10.2 Å². The second kappa shape index (κ2) is 8.39. The maximum absolute atomic E-state index is 11.9. The van der Waals surface area contributed by atoms with Crippen molar-refractivity contribution in [2.45, 2.75) is 11.7 Å². The molecule has 26 heavy (non-hydrogen) atoms. The Bertz CT molecular complexity index is 948. The van der Waals surface area contributed by atoms with E-state index in [4.69, 9.17) is 23.2 Å². The molecule has 0 fully saturated rings. The van der Waals surface area contributed by atoms with Gasteiger partial charge in [-0.2, -0.15) is 0 Å². The van der Waals surface area contributed by atoms with Crippen LogP contribution in [0.3, 0.4) is 0 Å². The summed E-state index contributed by atoms with van der Waals surface area (Å²) in [6, 6.07) is 10.4. The first-order valence-electron chi connectivity index (χ1n) is 7.47. The Morgan fingerprint density at radius 3 is 2.69 bits per heavy atom. The largest absolute Gasteiger partial charge is 0.334 e. The molecule has 3 amide bonds. The van der Waals surface area contributed by atoms with Crippen molar-refractivity contribution in [1.82, 2.24) is 25.2 Å². The lowest BCUT2D eigenvalue weighted by atomic mass is 10.2. The molecule has 2 N–H and O–H groups in total. The van der Waals surface area contributed by atoms with Crippen LogP contribution in [-0.2, 0) is 11.3 Å². The highest BCUT2D eigenvalue weighted by atomic mass is 35.5. The number of fused-ring (bicyclic) bond motifs is 1. The van der Waals surface area contributed by atoms with Crippen molar-refractivity contribution < 1.29 is 9.59 Å². The minimum absolute atomic E-state index is 0.0102. The third-order valence-electron chi connectivity index (χ3n) is 3.28.